The summed E-state index contributed by atoms with van der Waals surface area (Å²) < 4.78 is 5.10. The molecule has 0 aliphatic heterocycles. The topological polar surface area (TPSA) is 29.5 Å². The fourth-order valence-corrected chi connectivity index (χ4v) is 0.966. The molecule has 0 aromatic rings. The summed E-state index contributed by atoms with van der Waals surface area (Å²) in [7, 11) is 1.69. The Morgan fingerprint density at radius 3 is 2.64 bits per heavy atom. The Kier molecular flexibility index (Phi) is 7.52. The highest BCUT2D eigenvalue weighted by molar-refractivity contribution is 4.78. The van der Waals surface area contributed by atoms with Crippen LogP contribution in [0.25, 0.3) is 0 Å². The van der Waals surface area contributed by atoms with E-state index in [1.54, 1.807) is 7.11 Å². The van der Waals surface area contributed by atoms with E-state index >= 15 is 0 Å². The van der Waals surface area contributed by atoms with Gasteiger partial charge in [-0.3, -0.25) is 0 Å². The van der Waals surface area contributed by atoms with Gasteiger partial charge in [0.1, 0.15) is 0 Å². The molecule has 0 bridgehead atoms. The summed E-state index contributed by atoms with van der Waals surface area (Å²) in [5, 5.41) is 8.49. The third-order valence-electron chi connectivity index (χ3n) is 1.71. The number of hydrogen-bond acceptors (Lipinski definition) is 2. The lowest BCUT2D eigenvalue weighted by Crippen LogP contribution is -2.05. The minimum absolute atomic E-state index is 0.189. The standard InChI is InChI=1S/C9H18O2/c1-3-9(11-2)7-5-4-6-8-10/h3,9-10H,1,4-8H2,2H3. The number of rotatable bonds is 7. The van der Waals surface area contributed by atoms with Crippen molar-refractivity contribution < 1.29 is 9.84 Å². The van der Waals surface area contributed by atoms with Crippen LogP contribution in [0, 0.1) is 0 Å². The summed E-state index contributed by atoms with van der Waals surface area (Å²) in [5.41, 5.74) is 0. The van der Waals surface area contributed by atoms with Crippen molar-refractivity contribution in [3.8, 4) is 0 Å². The van der Waals surface area contributed by atoms with Crippen molar-refractivity contribution in [1.82, 2.24) is 0 Å². The normalized spacial score (nSPS) is 12.9. The van der Waals surface area contributed by atoms with E-state index in [1.807, 2.05) is 6.08 Å². The molecule has 0 aromatic carbocycles. The maximum atomic E-state index is 8.49. The number of ether oxygens (including phenoxy) is 1. The molecule has 0 radical (unpaired) electrons. The van der Waals surface area contributed by atoms with E-state index < -0.39 is 0 Å². The molecule has 0 saturated carbocycles. The molecule has 0 rings (SSSR count). The van der Waals surface area contributed by atoms with Gasteiger partial charge in [0.15, 0.2) is 0 Å². The molecular formula is C9H18O2. The zero-order valence-corrected chi connectivity index (χ0v) is 7.25. The van der Waals surface area contributed by atoms with Gasteiger partial charge >= 0.3 is 0 Å². The lowest BCUT2D eigenvalue weighted by Gasteiger charge is -2.08. The van der Waals surface area contributed by atoms with Gasteiger partial charge in [-0.2, -0.15) is 0 Å². The van der Waals surface area contributed by atoms with Crippen LogP contribution in [0.1, 0.15) is 25.7 Å². The molecule has 1 N–H and O–H groups in total. The number of hydrogen-bond donors (Lipinski definition) is 1. The number of aliphatic hydroxyl groups excluding tert-OH is 1. The van der Waals surface area contributed by atoms with Gasteiger partial charge in [-0.25, -0.2) is 0 Å². The predicted molar refractivity (Wildman–Crippen MR) is 46.5 cm³/mol. The largest absolute Gasteiger partial charge is 0.396 e. The Morgan fingerprint density at radius 1 is 1.45 bits per heavy atom. The molecule has 2 heteroatoms. The number of methoxy groups -OCH3 is 1. The van der Waals surface area contributed by atoms with Crippen LogP contribution in [-0.2, 0) is 4.74 Å². The van der Waals surface area contributed by atoms with E-state index in [-0.39, 0.29) is 6.10 Å². The maximum Gasteiger partial charge on any atom is 0.0749 e. The van der Waals surface area contributed by atoms with E-state index in [4.69, 9.17) is 9.84 Å². The van der Waals surface area contributed by atoms with Gasteiger partial charge in [-0.1, -0.05) is 18.9 Å². The van der Waals surface area contributed by atoms with Gasteiger partial charge < -0.3 is 9.84 Å². The summed E-state index contributed by atoms with van der Waals surface area (Å²) in [5.74, 6) is 0. The summed E-state index contributed by atoms with van der Waals surface area (Å²) in [6.07, 6.45) is 6.09. The minimum atomic E-state index is 0.189. The van der Waals surface area contributed by atoms with Gasteiger partial charge in [0, 0.05) is 13.7 Å². The van der Waals surface area contributed by atoms with Crippen molar-refractivity contribution in [3.05, 3.63) is 12.7 Å². The summed E-state index contributed by atoms with van der Waals surface area (Å²) in [6, 6.07) is 0. The molecular weight excluding hydrogens is 140 g/mol. The van der Waals surface area contributed by atoms with Gasteiger partial charge in [-0.05, 0) is 12.8 Å². The first-order chi connectivity index (χ1) is 5.35. The lowest BCUT2D eigenvalue weighted by atomic mass is 10.1. The summed E-state index contributed by atoms with van der Waals surface area (Å²) >= 11 is 0. The minimum Gasteiger partial charge on any atom is -0.396 e. The van der Waals surface area contributed by atoms with Gasteiger partial charge in [0.2, 0.25) is 0 Å². The molecule has 0 aliphatic carbocycles. The Labute approximate surface area is 68.9 Å². The molecule has 2 nitrogen and oxygen atoms in total. The van der Waals surface area contributed by atoms with Gasteiger partial charge in [0.25, 0.3) is 0 Å². The third kappa shape index (κ3) is 6.07. The van der Waals surface area contributed by atoms with Gasteiger partial charge in [-0.15, -0.1) is 6.58 Å². The fourth-order valence-electron chi connectivity index (χ4n) is 0.966. The van der Waals surface area contributed by atoms with Crippen molar-refractivity contribution in [2.24, 2.45) is 0 Å². The fraction of sp³-hybridized carbons (Fsp3) is 0.778. The van der Waals surface area contributed by atoms with Crippen molar-refractivity contribution in [1.29, 1.82) is 0 Å². The van der Waals surface area contributed by atoms with Crippen LogP contribution in [0.4, 0.5) is 0 Å². The molecule has 0 aromatic heterocycles. The first-order valence-electron chi connectivity index (χ1n) is 4.11. The van der Waals surface area contributed by atoms with E-state index in [1.165, 1.54) is 0 Å². The van der Waals surface area contributed by atoms with Crippen LogP contribution in [-0.4, -0.2) is 24.9 Å². The molecule has 0 amide bonds. The van der Waals surface area contributed by atoms with E-state index in [9.17, 15) is 0 Å². The summed E-state index contributed by atoms with van der Waals surface area (Å²) in [6.45, 7) is 3.95. The second-order valence-electron chi connectivity index (χ2n) is 2.58. The molecule has 0 fully saturated rings. The van der Waals surface area contributed by atoms with Crippen LogP contribution in [0.2, 0.25) is 0 Å². The van der Waals surface area contributed by atoms with Crippen LogP contribution in [0.3, 0.4) is 0 Å². The van der Waals surface area contributed by atoms with Gasteiger partial charge in [0.05, 0.1) is 6.10 Å². The Balaban J connectivity index is 3.14. The molecule has 0 aliphatic rings. The molecule has 0 heterocycles. The SMILES string of the molecule is C=CC(CCCCCO)OC. The Hall–Kier alpha value is -0.340. The zero-order valence-electron chi connectivity index (χ0n) is 7.25. The van der Waals surface area contributed by atoms with Crippen molar-refractivity contribution in [2.75, 3.05) is 13.7 Å². The Morgan fingerprint density at radius 2 is 2.18 bits per heavy atom. The molecule has 1 atom stereocenters. The first kappa shape index (κ1) is 10.7. The quantitative estimate of drug-likeness (QED) is 0.451. The molecule has 0 spiro atoms. The number of unbranched alkanes of at least 4 members (excludes halogenated alkanes) is 2. The maximum absolute atomic E-state index is 8.49. The third-order valence-corrected chi connectivity index (χ3v) is 1.71. The first-order valence-corrected chi connectivity index (χ1v) is 4.11. The lowest BCUT2D eigenvalue weighted by molar-refractivity contribution is 0.130. The highest BCUT2D eigenvalue weighted by Crippen LogP contribution is 2.06. The molecule has 11 heavy (non-hydrogen) atoms. The van der Waals surface area contributed by atoms with Crippen molar-refractivity contribution >= 4 is 0 Å². The summed E-state index contributed by atoms with van der Waals surface area (Å²) in [4.78, 5) is 0. The van der Waals surface area contributed by atoms with E-state index in [0.717, 1.165) is 25.7 Å². The second kappa shape index (κ2) is 7.76. The zero-order chi connectivity index (χ0) is 8.53. The van der Waals surface area contributed by atoms with Crippen LogP contribution < -0.4 is 0 Å². The van der Waals surface area contributed by atoms with Crippen LogP contribution in [0.5, 0.6) is 0 Å². The monoisotopic (exact) mass is 158 g/mol. The smallest absolute Gasteiger partial charge is 0.0749 e. The number of aliphatic hydroxyl groups is 1. The molecule has 66 valence electrons. The Bertz CT molecular complexity index is 91.6. The molecule has 1 unspecified atom stereocenters. The average molecular weight is 158 g/mol. The van der Waals surface area contributed by atoms with E-state index in [0.29, 0.717) is 6.61 Å². The van der Waals surface area contributed by atoms with Crippen molar-refractivity contribution in [2.45, 2.75) is 31.8 Å². The average Bonchev–Trinajstić information content (AvgIpc) is 2.05. The predicted octanol–water partition coefficient (Wildman–Crippen LogP) is 1.74. The second-order valence-corrected chi connectivity index (χ2v) is 2.58. The van der Waals surface area contributed by atoms with E-state index in [2.05, 4.69) is 6.58 Å². The highest BCUT2D eigenvalue weighted by atomic mass is 16.5. The highest BCUT2D eigenvalue weighted by Gasteiger charge is 1.99. The van der Waals surface area contributed by atoms with Crippen molar-refractivity contribution in [3.63, 3.8) is 0 Å². The van der Waals surface area contributed by atoms with Crippen LogP contribution in [0.15, 0.2) is 12.7 Å². The van der Waals surface area contributed by atoms with Crippen LogP contribution >= 0.6 is 0 Å². The molecule has 0 saturated heterocycles.